The van der Waals surface area contributed by atoms with Gasteiger partial charge in [0.25, 0.3) is 5.56 Å². The van der Waals surface area contributed by atoms with Gasteiger partial charge < -0.3 is 9.88 Å². The maximum absolute atomic E-state index is 11.9. The van der Waals surface area contributed by atoms with E-state index in [0.717, 1.165) is 5.69 Å². The first-order valence-corrected chi connectivity index (χ1v) is 6.31. The Balaban J connectivity index is 2.82. The molecule has 0 amide bonds. The zero-order valence-corrected chi connectivity index (χ0v) is 12.0. The van der Waals surface area contributed by atoms with E-state index in [1.807, 2.05) is 43.3 Å². The third-order valence-electron chi connectivity index (χ3n) is 3.22. The number of pyridine rings is 1. The number of aromatic nitrogens is 1. The van der Waals surface area contributed by atoms with Crippen LogP contribution in [0.5, 0.6) is 0 Å². The lowest BCUT2D eigenvalue weighted by Gasteiger charge is -2.13. The van der Waals surface area contributed by atoms with Gasteiger partial charge >= 0.3 is 0 Å². The Hall–Kier alpha value is -3.56. The number of nitrogens with one attached hydrogen (secondary N) is 1. The van der Waals surface area contributed by atoms with E-state index in [1.165, 1.54) is 0 Å². The highest BCUT2D eigenvalue weighted by Crippen LogP contribution is 2.28. The lowest BCUT2D eigenvalue weighted by atomic mass is 9.95. The van der Waals surface area contributed by atoms with Crippen molar-refractivity contribution in [3.8, 4) is 29.3 Å². The summed E-state index contributed by atoms with van der Waals surface area (Å²) in [4.78, 5) is 16.1. The fraction of sp³-hybridized carbons (Fsp3) is 0.125. The lowest BCUT2D eigenvalue weighted by molar-refractivity contribution is 1.13. The number of nitriles is 3. The van der Waals surface area contributed by atoms with Crippen molar-refractivity contribution in [1.82, 2.24) is 4.98 Å². The Kier molecular flexibility index (Phi) is 3.93. The highest BCUT2D eigenvalue weighted by atomic mass is 16.1. The summed E-state index contributed by atoms with van der Waals surface area (Å²) in [6.07, 6.45) is 0. The van der Waals surface area contributed by atoms with E-state index in [9.17, 15) is 15.3 Å². The minimum atomic E-state index is -0.676. The normalized spacial score (nSPS) is 9.41. The van der Waals surface area contributed by atoms with Crippen molar-refractivity contribution < 1.29 is 0 Å². The second-order valence-electron chi connectivity index (χ2n) is 4.73. The van der Waals surface area contributed by atoms with Crippen LogP contribution in [-0.4, -0.2) is 19.1 Å². The molecule has 2 aromatic rings. The van der Waals surface area contributed by atoms with Crippen molar-refractivity contribution in [2.45, 2.75) is 0 Å². The average Bonchev–Trinajstić information content (AvgIpc) is 2.53. The Labute approximate surface area is 127 Å². The molecular formula is C16H11N5O. The molecule has 0 saturated heterocycles. The van der Waals surface area contributed by atoms with Crippen molar-refractivity contribution in [1.29, 1.82) is 15.8 Å². The molecule has 0 saturated carbocycles. The second-order valence-corrected chi connectivity index (χ2v) is 4.73. The van der Waals surface area contributed by atoms with Gasteiger partial charge in [-0.3, -0.25) is 4.79 Å². The van der Waals surface area contributed by atoms with E-state index in [0.29, 0.717) is 5.56 Å². The van der Waals surface area contributed by atoms with Crippen LogP contribution >= 0.6 is 0 Å². The Morgan fingerprint density at radius 2 is 1.55 bits per heavy atom. The van der Waals surface area contributed by atoms with Gasteiger partial charge in [-0.2, -0.15) is 15.8 Å². The first-order chi connectivity index (χ1) is 10.5. The van der Waals surface area contributed by atoms with E-state index in [1.54, 1.807) is 18.2 Å². The highest BCUT2D eigenvalue weighted by Gasteiger charge is 2.19. The molecule has 106 valence electrons. The molecule has 0 bridgehead atoms. The minimum Gasteiger partial charge on any atom is -0.378 e. The third-order valence-corrected chi connectivity index (χ3v) is 3.22. The average molecular weight is 289 g/mol. The molecule has 0 aliphatic rings. The van der Waals surface area contributed by atoms with Crippen LogP contribution in [0.25, 0.3) is 11.1 Å². The zero-order chi connectivity index (χ0) is 16.3. The number of hydrogen-bond acceptors (Lipinski definition) is 5. The maximum atomic E-state index is 11.9. The molecular weight excluding hydrogens is 278 g/mol. The van der Waals surface area contributed by atoms with Gasteiger partial charge in [0.1, 0.15) is 29.5 Å². The highest BCUT2D eigenvalue weighted by molar-refractivity contribution is 5.78. The van der Waals surface area contributed by atoms with Gasteiger partial charge in [-0.15, -0.1) is 0 Å². The van der Waals surface area contributed by atoms with Crippen LogP contribution in [0.4, 0.5) is 5.69 Å². The van der Waals surface area contributed by atoms with Crippen LogP contribution in [-0.2, 0) is 0 Å². The Morgan fingerprint density at radius 1 is 0.955 bits per heavy atom. The van der Waals surface area contributed by atoms with E-state index < -0.39 is 5.56 Å². The summed E-state index contributed by atoms with van der Waals surface area (Å²) in [5.41, 5.74) is 0.676. The molecule has 0 unspecified atom stereocenters. The molecule has 0 spiro atoms. The van der Waals surface area contributed by atoms with E-state index in [4.69, 9.17) is 5.26 Å². The van der Waals surface area contributed by atoms with Crippen LogP contribution in [0, 0.1) is 34.0 Å². The van der Waals surface area contributed by atoms with Gasteiger partial charge in [0.15, 0.2) is 0 Å². The number of H-pyrrole nitrogens is 1. The minimum absolute atomic E-state index is 0.00347. The van der Waals surface area contributed by atoms with E-state index in [-0.39, 0.29) is 22.4 Å². The molecule has 0 radical (unpaired) electrons. The molecule has 0 fully saturated rings. The standard InChI is InChI=1S/C16H11N5O/c1-21(2)11-5-3-10(4-6-11)15-12(7-17)14(9-19)20-16(22)13(15)8-18/h3-6H,1-2H3,(H,20,22). The van der Waals surface area contributed by atoms with Crippen molar-refractivity contribution in [2.75, 3.05) is 19.0 Å². The number of hydrogen-bond donors (Lipinski definition) is 1. The molecule has 6 nitrogen and oxygen atoms in total. The molecule has 22 heavy (non-hydrogen) atoms. The Bertz CT molecular complexity index is 902. The van der Waals surface area contributed by atoms with Gasteiger partial charge in [0, 0.05) is 25.3 Å². The molecule has 1 aromatic heterocycles. The van der Waals surface area contributed by atoms with Gasteiger partial charge in [-0.05, 0) is 17.7 Å². The first kappa shape index (κ1) is 14.8. The van der Waals surface area contributed by atoms with Crippen LogP contribution in [0.2, 0.25) is 0 Å². The Morgan fingerprint density at radius 3 is 2.00 bits per heavy atom. The van der Waals surface area contributed by atoms with Gasteiger partial charge in [0.05, 0.1) is 5.56 Å². The molecule has 0 atom stereocenters. The largest absolute Gasteiger partial charge is 0.378 e. The smallest absolute Gasteiger partial charge is 0.267 e. The number of benzene rings is 1. The van der Waals surface area contributed by atoms with E-state index >= 15 is 0 Å². The topological polar surface area (TPSA) is 107 Å². The van der Waals surface area contributed by atoms with Crippen molar-refractivity contribution in [2.24, 2.45) is 0 Å². The predicted octanol–water partition coefficient (Wildman–Crippen LogP) is 1.72. The van der Waals surface area contributed by atoms with Gasteiger partial charge in [-0.25, -0.2) is 0 Å². The molecule has 6 heteroatoms. The number of nitrogens with zero attached hydrogens (tertiary/aromatic N) is 4. The molecule has 0 aliphatic heterocycles. The SMILES string of the molecule is CN(C)c1ccc(-c2c(C#N)c(C#N)[nH]c(=O)c2C#N)cc1. The van der Waals surface area contributed by atoms with Crippen molar-refractivity contribution in [3.63, 3.8) is 0 Å². The molecule has 1 aromatic carbocycles. The van der Waals surface area contributed by atoms with E-state index in [2.05, 4.69) is 4.98 Å². The van der Waals surface area contributed by atoms with Gasteiger partial charge in [-0.1, -0.05) is 12.1 Å². The summed E-state index contributed by atoms with van der Waals surface area (Å²) in [7, 11) is 3.77. The third kappa shape index (κ3) is 2.40. The zero-order valence-electron chi connectivity index (χ0n) is 12.0. The van der Waals surface area contributed by atoms with Crippen molar-refractivity contribution >= 4 is 5.69 Å². The summed E-state index contributed by atoms with van der Waals surface area (Å²) in [6.45, 7) is 0. The van der Waals surface area contributed by atoms with Crippen LogP contribution in [0.3, 0.4) is 0 Å². The summed E-state index contributed by atoms with van der Waals surface area (Å²) in [5.74, 6) is 0. The van der Waals surface area contributed by atoms with Crippen LogP contribution in [0.15, 0.2) is 29.1 Å². The molecule has 2 rings (SSSR count). The lowest BCUT2D eigenvalue weighted by Crippen LogP contribution is -2.15. The summed E-state index contributed by atoms with van der Waals surface area (Å²) in [6, 6.07) is 12.5. The number of anilines is 1. The molecule has 0 aliphatic carbocycles. The van der Waals surface area contributed by atoms with Crippen LogP contribution in [0.1, 0.15) is 16.8 Å². The molecule has 1 heterocycles. The number of rotatable bonds is 2. The maximum Gasteiger partial charge on any atom is 0.267 e. The quantitative estimate of drug-likeness (QED) is 0.905. The number of aromatic amines is 1. The summed E-state index contributed by atoms with van der Waals surface area (Å²) in [5, 5.41) is 27.6. The molecule has 1 N–H and O–H groups in total. The monoisotopic (exact) mass is 289 g/mol. The first-order valence-electron chi connectivity index (χ1n) is 6.31. The van der Waals surface area contributed by atoms with Gasteiger partial charge in [0.2, 0.25) is 0 Å². The fourth-order valence-corrected chi connectivity index (χ4v) is 2.12. The fourth-order valence-electron chi connectivity index (χ4n) is 2.12. The van der Waals surface area contributed by atoms with Crippen molar-refractivity contribution in [3.05, 3.63) is 51.4 Å². The second kappa shape index (κ2) is 5.83. The predicted molar refractivity (Wildman–Crippen MR) is 81.0 cm³/mol. The summed E-state index contributed by atoms with van der Waals surface area (Å²) < 4.78 is 0. The van der Waals surface area contributed by atoms with Crippen LogP contribution < -0.4 is 10.5 Å². The summed E-state index contributed by atoms with van der Waals surface area (Å²) >= 11 is 0.